The molecule has 1 heterocycles. The molecule has 0 spiro atoms. The minimum atomic E-state index is -1.08. The second-order valence-corrected chi connectivity index (χ2v) is 7.56. The molecule has 6 heteroatoms. The van der Waals surface area contributed by atoms with Crippen LogP contribution in [0.3, 0.4) is 0 Å². The summed E-state index contributed by atoms with van der Waals surface area (Å²) in [5, 5.41) is 0. The lowest BCUT2D eigenvalue weighted by Gasteiger charge is -2.44. The van der Waals surface area contributed by atoms with E-state index in [1.54, 1.807) is 6.08 Å². The average Bonchev–Trinajstić information content (AvgIpc) is 2.97. The van der Waals surface area contributed by atoms with Crippen molar-refractivity contribution in [3.8, 4) is 0 Å². The smallest absolute Gasteiger partial charge is 0.334 e. The Kier molecular flexibility index (Phi) is 3.49. The van der Waals surface area contributed by atoms with Crippen LogP contribution in [0, 0.1) is 23.2 Å². The Morgan fingerprint density at radius 3 is 2.84 bits per heavy atom. The SMILES string of the molecule is CC(=O)OC[C@@]12C(=O)CC[C@@H]1C=C1C(=O)O[C@H]3CC(C)=CC(=O)[C@@H]2[C@@H]13. The molecule has 4 aliphatic rings. The molecule has 1 saturated carbocycles. The Morgan fingerprint density at radius 1 is 1.36 bits per heavy atom. The minimum Gasteiger partial charge on any atom is -0.465 e. The van der Waals surface area contributed by atoms with Gasteiger partial charge in [-0.3, -0.25) is 14.4 Å². The number of rotatable bonds is 2. The first-order valence-electron chi connectivity index (χ1n) is 8.65. The van der Waals surface area contributed by atoms with Crippen molar-refractivity contribution in [1.29, 1.82) is 0 Å². The number of ether oxygens (including phenoxy) is 2. The van der Waals surface area contributed by atoms with Gasteiger partial charge in [0.15, 0.2) is 5.78 Å². The van der Waals surface area contributed by atoms with Crippen LogP contribution >= 0.6 is 0 Å². The fraction of sp³-hybridized carbons (Fsp3) is 0.579. The van der Waals surface area contributed by atoms with Crippen LogP contribution < -0.4 is 0 Å². The van der Waals surface area contributed by atoms with Crippen LogP contribution in [0.15, 0.2) is 23.3 Å². The summed E-state index contributed by atoms with van der Waals surface area (Å²) >= 11 is 0. The van der Waals surface area contributed by atoms with Crippen molar-refractivity contribution in [3.05, 3.63) is 23.3 Å². The van der Waals surface area contributed by atoms with Gasteiger partial charge in [0.2, 0.25) is 0 Å². The number of fused-ring (bicyclic) bond motifs is 2. The Hall–Kier alpha value is -2.24. The number of hydrogen-bond donors (Lipinski definition) is 0. The topological polar surface area (TPSA) is 86.7 Å². The van der Waals surface area contributed by atoms with Crippen molar-refractivity contribution < 1.29 is 28.7 Å². The lowest BCUT2D eigenvalue weighted by Crippen LogP contribution is -2.53. The number of allylic oxidation sites excluding steroid dienone is 2. The molecular weight excluding hydrogens is 324 g/mol. The van der Waals surface area contributed by atoms with Crippen molar-refractivity contribution >= 4 is 23.5 Å². The van der Waals surface area contributed by atoms with Crippen LogP contribution in [0.2, 0.25) is 0 Å². The van der Waals surface area contributed by atoms with Crippen LogP contribution in [0.5, 0.6) is 0 Å². The Bertz CT molecular complexity index is 760. The summed E-state index contributed by atoms with van der Waals surface area (Å²) in [5.74, 6) is -2.52. The van der Waals surface area contributed by atoms with E-state index in [1.807, 2.05) is 13.0 Å². The highest BCUT2D eigenvalue weighted by Gasteiger charge is 2.65. The maximum atomic E-state index is 13.1. The van der Waals surface area contributed by atoms with Gasteiger partial charge in [-0.1, -0.05) is 11.6 Å². The van der Waals surface area contributed by atoms with E-state index in [4.69, 9.17) is 9.47 Å². The van der Waals surface area contributed by atoms with Gasteiger partial charge in [-0.15, -0.1) is 0 Å². The quantitative estimate of drug-likeness (QED) is 0.706. The van der Waals surface area contributed by atoms with E-state index in [-0.39, 0.29) is 30.1 Å². The van der Waals surface area contributed by atoms with Crippen LogP contribution in [0.1, 0.15) is 33.1 Å². The molecule has 25 heavy (non-hydrogen) atoms. The lowest BCUT2D eigenvalue weighted by molar-refractivity contribution is -0.156. The van der Waals surface area contributed by atoms with Crippen LogP contribution in [-0.2, 0) is 28.7 Å². The third-order valence-electron chi connectivity index (χ3n) is 6.14. The van der Waals surface area contributed by atoms with Gasteiger partial charge >= 0.3 is 11.9 Å². The molecule has 6 nitrogen and oxygen atoms in total. The van der Waals surface area contributed by atoms with Gasteiger partial charge < -0.3 is 9.47 Å². The van der Waals surface area contributed by atoms with Crippen molar-refractivity contribution in [2.75, 3.05) is 6.61 Å². The minimum absolute atomic E-state index is 0.0570. The van der Waals surface area contributed by atoms with Gasteiger partial charge in [0.25, 0.3) is 0 Å². The predicted molar refractivity (Wildman–Crippen MR) is 85.1 cm³/mol. The van der Waals surface area contributed by atoms with Gasteiger partial charge in [-0.25, -0.2) is 4.79 Å². The zero-order valence-corrected chi connectivity index (χ0v) is 14.2. The molecule has 0 N–H and O–H groups in total. The van der Waals surface area contributed by atoms with Crippen molar-refractivity contribution in [1.82, 2.24) is 0 Å². The van der Waals surface area contributed by atoms with E-state index in [0.29, 0.717) is 24.8 Å². The second-order valence-electron chi connectivity index (χ2n) is 7.56. The predicted octanol–water partition coefficient (Wildman–Crippen LogP) is 1.53. The lowest BCUT2D eigenvalue weighted by atomic mass is 9.56. The molecule has 132 valence electrons. The van der Waals surface area contributed by atoms with Crippen LogP contribution in [0.25, 0.3) is 0 Å². The monoisotopic (exact) mass is 344 g/mol. The molecule has 0 aromatic rings. The van der Waals surface area contributed by atoms with E-state index >= 15 is 0 Å². The molecule has 0 aromatic heterocycles. The zero-order chi connectivity index (χ0) is 17.9. The molecule has 1 saturated heterocycles. The molecule has 4 rings (SSSR count). The summed E-state index contributed by atoms with van der Waals surface area (Å²) in [6.07, 6.45) is 4.31. The number of esters is 2. The molecular formula is C19H20O6. The standard InChI is InChI=1S/C19H20O6/c1-9-5-13(21)17-16-12(18(23)25-14(16)6-9)7-11-3-4-15(22)19(11,17)8-24-10(2)20/h5,7,11,14,16-17H,3-4,6,8H2,1-2H3/t11-,14+,16+,17-,19+/m1/s1. The molecule has 0 amide bonds. The highest BCUT2D eigenvalue weighted by molar-refractivity contribution is 6.04. The molecule has 1 aliphatic heterocycles. The van der Waals surface area contributed by atoms with Crippen molar-refractivity contribution in [2.45, 2.75) is 39.2 Å². The Labute approximate surface area is 145 Å². The third-order valence-corrected chi connectivity index (χ3v) is 6.14. The van der Waals surface area contributed by atoms with Crippen molar-refractivity contribution in [3.63, 3.8) is 0 Å². The number of ketones is 2. The van der Waals surface area contributed by atoms with Gasteiger partial charge in [-0.05, 0) is 25.3 Å². The first-order chi connectivity index (χ1) is 11.8. The number of Topliss-reactive ketones (excluding diaryl/α,β-unsaturated/α-hetero) is 1. The molecule has 0 bridgehead atoms. The molecule has 2 fully saturated rings. The maximum absolute atomic E-state index is 13.1. The summed E-state index contributed by atoms with van der Waals surface area (Å²) in [4.78, 5) is 49.7. The molecule has 5 atom stereocenters. The van der Waals surface area contributed by atoms with Gasteiger partial charge in [0.1, 0.15) is 18.5 Å². The highest BCUT2D eigenvalue weighted by atomic mass is 16.6. The molecule has 3 aliphatic carbocycles. The van der Waals surface area contributed by atoms with E-state index in [0.717, 1.165) is 5.57 Å². The van der Waals surface area contributed by atoms with Crippen LogP contribution in [-0.4, -0.2) is 36.2 Å². The fourth-order valence-corrected chi connectivity index (χ4v) is 5.15. The number of carbonyl (C=O) groups excluding carboxylic acids is 4. The van der Waals surface area contributed by atoms with Gasteiger partial charge in [-0.2, -0.15) is 0 Å². The van der Waals surface area contributed by atoms with E-state index in [9.17, 15) is 19.2 Å². The van der Waals surface area contributed by atoms with E-state index in [1.165, 1.54) is 6.92 Å². The van der Waals surface area contributed by atoms with Crippen molar-refractivity contribution in [2.24, 2.45) is 23.2 Å². The molecule has 0 radical (unpaired) electrons. The summed E-state index contributed by atoms with van der Waals surface area (Å²) in [6, 6.07) is 0. The van der Waals surface area contributed by atoms with Gasteiger partial charge in [0, 0.05) is 37.2 Å². The maximum Gasteiger partial charge on any atom is 0.334 e. The largest absolute Gasteiger partial charge is 0.465 e. The molecule has 0 aromatic carbocycles. The van der Waals surface area contributed by atoms with E-state index < -0.39 is 29.3 Å². The summed E-state index contributed by atoms with van der Waals surface area (Å²) in [7, 11) is 0. The molecule has 0 unspecified atom stereocenters. The zero-order valence-electron chi connectivity index (χ0n) is 14.2. The second kappa shape index (κ2) is 5.38. The van der Waals surface area contributed by atoms with Gasteiger partial charge in [0.05, 0.1) is 5.41 Å². The highest BCUT2D eigenvalue weighted by Crippen LogP contribution is 2.58. The summed E-state index contributed by atoms with van der Waals surface area (Å²) in [6.45, 7) is 3.01. The number of carbonyl (C=O) groups is 4. The third kappa shape index (κ3) is 2.16. The summed E-state index contributed by atoms with van der Waals surface area (Å²) in [5.41, 5.74) is 0.275. The van der Waals surface area contributed by atoms with E-state index in [2.05, 4.69) is 0 Å². The van der Waals surface area contributed by atoms with Crippen LogP contribution in [0.4, 0.5) is 0 Å². The first kappa shape index (κ1) is 16.2. The Morgan fingerprint density at radius 2 is 2.12 bits per heavy atom. The average molecular weight is 344 g/mol. The Balaban J connectivity index is 1.90. The fourth-order valence-electron chi connectivity index (χ4n) is 5.15. The normalized spacial score (nSPS) is 39.0. The number of hydrogen-bond acceptors (Lipinski definition) is 6. The first-order valence-corrected chi connectivity index (χ1v) is 8.65. The summed E-state index contributed by atoms with van der Waals surface area (Å²) < 4.78 is 10.8.